The van der Waals surface area contributed by atoms with Gasteiger partial charge in [0.25, 0.3) is 0 Å². The number of nitrogen functional groups attached to an aromatic ring is 1. The van der Waals surface area contributed by atoms with E-state index in [9.17, 15) is 0 Å². The maximum absolute atomic E-state index is 5.83. The summed E-state index contributed by atoms with van der Waals surface area (Å²) in [6.07, 6.45) is 2.23. The molecule has 16 heavy (non-hydrogen) atoms. The molecule has 0 aliphatic carbocycles. The normalized spacial score (nSPS) is 11.5. The van der Waals surface area contributed by atoms with Crippen LogP contribution in [-0.4, -0.2) is 23.6 Å². The van der Waals surface area contributed by atoms with Gasteiger partial charge in [0.1, 0.15) is 0 Å². The zero-order valence-corrected chi connectivity index (χ0v) is 10.2. The maximum atomic E-state index is 5.83. The summed E-state index contributed by atoms with van der Waals surface area (Å²) in [6.45, 7) is 4.10. The van der Waals surface area contributed by atoms with E-state index in [0.717, 1.165) is 18.8 Å². The molecular weight excluding hydrogens is 198 g/mol. The Morgan fingerprint density at radius 2 is 2.06 bits per heavy atom. The Morgan fingerprint density at radius 1 is 1.31 bits per heavy atom. The zero-order chi connectivity index (χ0) is 11.7. The van der Waals surface area contributed by atoms with E-state index < -0.39 is 0 Å². The van der Waals surface area contributed by atoms with Crippen LogP contribution >= 0.6 is 0 Å². The molecule has 0 amide bonds. The molecule has 0 bridgehead atoms. The first-order valence-electron chi connectivity index (χ1n) is 5.63. The first-order valence-corrected chi connectivity index (χ1v) is 5.63. The van der Waals surface area contributed by atoms with Crippen molar-refractivity contribution in [1.29, 1.82) is 0 Å². The lowest BCUT2D eigenvalue weighted by Crippen LogP contribution is -2.10. The second kappa shape index (κ2) is 4.18. The second-order valence-electron chi connectivity index (χ2n) is 4.45. The first-order chi connectivity index (χ1) is 7.61. The number of rotatable bonds is 3. The number of nitrogens with two attached hydrogens (primary N) is 1. The Kier molecular flexibility index (Phi) is 2.88. The lowest BCUT2D eigenvalue weighted by Gasteiger charge is -2.07. The number of hydrogen-bond donors (Lipinski definition) is 1. The number of nitrogens with zero attached hydrogens (tertiary/aromatic N) is 2. The van der Waals surface area contributed by atoms with Gasteiger partial charge in [-0.3, -0.25) is 0 Å². The standard InChI is InChI=1S/C13H19N3/c1-4-16-9-10(8-15(2)3)12-6-5-11(14)7-13(12)16/h5-7,9H,4,8,14H2,1-3H3. The summed E-state index contributed by atoms with van der Waals surface area (Å²) in [5.41, 5.74) is 9.26. The van der Waals surface area contributed by atoms with Crippen molar-refractivity contribution in [3.63, 3.8) is 0 Å². The van der Waals surface area contributed by atoms with Gasteiger partial charge < -0.3 is 15.2 Å². The van der Waals surface area contributed by atoms with Gasteiger partial charge in [-0.25, -0.2) is 0 Å². The van der Waals surface area contributed by atoms with Gasteiger partial charge in [0.05, 0.1) is 5.52 Å². The SMILES string of the molecule is CCn1cc(CN(C)C)c2ccc(N)cc21. The summed E-state index contributed by atoms with van der Waals surface area (Å²) in [7, 11) is 4.18. The topological polar surface area (TPSA) is 34.2 Å². The van der Waals surface area contributed by atoms with Crippen molar-refractivity contribution >= 4 is 16.6 Å². The third kappa shape index (κ3) is 1.91. The van der Waals surface area contributed by atoms with Crippen molar-refractivity contribution in [2.75, 3.05) is 19.8 Å². The van der Waals surface area contributed by atoms with Gasteiger partial charge in [-0.1, -0.05) is 6.07 Å². The number of fused-ring (bicyclic) bond motifs is 1. The largest absolute Gasteiger partial charge is 0.399 e. The van der Waals surface area contributed by atoms with Crippen LogP contribution < -0.4 is 5.73 Å². The molecule has 0 aliphatic heterocycles. The smallest absolute Gasteiger partial charge is 0.0504 e. The Labute approximate surface area is 96.5 Å². The molecule has 0 aliphatic rings. The quantitative estimate of drug-likeness (QED) is 0.800. The van der Waals surface area contributed by atoms with E-state index in [1.54, 1.807) is 0 Å². The minimum Gasteiger partial charge on any atom is -0.399 e. The Balaban J connectivity index is 2.58. The van der Waals surface area contributed by atoms with Crippen LogP contribution in [0.15, 0.2) is 24.4 Å². The van der Waals surface area contributed by atoms with Gasteiger partial charge in [0, 0.05) is 30.4 Å². The van der Waals surface area contributed by atoms with E-state index in [1.165, 1.54) is 16.5 Å². The van der Waals surface area contributed by atoms with Gasteiger partial charge in [0.2, 0.25) is 0 Å². The molecule has 0 saturated heterocycles. The lowest BCUT2D eigenvalue weighted by molar-refractivity contribution is 0.403. The summed E-state index contributed by atoms with van der Waals surface area (Å²) in [6, 6.07) is 6.15. The lowest BCUT2D eigenvalue weighted by atomic mass is 10.1. The van der Waals surface area contributed by atoms with E-state index in [4.69, 9.17) is 5.73 Å². The fourth-order valence-electron chi connectivity index (χ4n) is 2.11. The highest BCUT2D eigenvalue weighted by atomic mass is 15.1. The third-order valence-corrected chi connectivity index (χ3v) is 2.82. The van der Waals surface area contributed by atoms with Crippen LogP contribution in [0.25, 0.3) is 10.9 Å². The fraction of sp³-hybridized carbons (Fsp3) is 0.385. The predicted octanol–water partition coefficient (Wildman–Crippen LogP) is 2.30. The van der Waals surface area contributed by atoms with Crippen molar-refractivity contribution in [2.24, 2.45) is 0 Å². The average Bonchev–Trinajstić information content (AvgIpc) is 2.55. The van der Waals surface area contributed by atoms with E-state index in [-0.39, 0.29) is 0 Å². The summed E-state index contributed by atoms with van der Waals surface area (Å²) in [5.74, 6) is 0. The molecule has 0 radical (unpaired) electrons. The van der Waals surface area contributed by atoms with Gasteiger partial charge in [-0.15, -0.1) is 0 Å². The summed E-state index contributed by atoms with van der Waals surface area (Å²) in [4.78, 5) is 2.19. The van der Waals surface area contributed by atoms with E-state index >= 15 is 0 Å². The molecule has 2 rings (SSSR count). The molecule has 86 valence electrons. The third-order valence-electron chi connectivity index (χ3n) is 2.82. The van der Waals surface area contributed by atoms with E-state index in [1.807, 2.05) is 6.07 Å². The van der Waals surface area contributed by atoms with Crippen LogP contribution in [0.1, 0.15) is 12.5 Å². The van der Waals surface area contributed by atoms with Crippen molar-refractivity contribution in [3.8, 4) is 0 Å². The van der Waals surface area contributed by atoms with Crippen LogP contribution in [0.4, 0.5) is 5.69 Å². The highest BCUT2D eigenvalue weighted by molar-refractivity contribution is 5.86. The number of hydrogen-bond acceptors (Lipinski definition) is 2. The summed E-state index contributed by atoms with van der Waals surface area (Å²) < 4.78 is 2.25. The van der Waals surface area contributed by atoms with Crippen molar-refractivity contribution < 1.29 is 0 Å². The fourth-order valence-corrected chi connectivity index (χ4v) is 2.11. The molecule has 3 nitrogen and oxygen atoms in total. The molecule has 0 fully saturated rings. The predicted molar refractivity (Wildman–Crippen MR) is 69.4 cm³/mol. The number of aromatic nitrogens is 1. The summed E-state index contributed by atoms with van der Waals surface area (Å²) >= 11 is 0. The number of anilines is 1. The van der Waals surface area contributed by atoms with E-state index in [0.29, 0.717) is 0 Å². The Morgan fingerprint density at radius 3 is 2.69 bits per heavy atom. The van der Waals surface area contributed by atoms with Crippen LogP contribution in [-0.2, 0) is 13.1 Å². The minimum absolute atomic E-state index is 0.830. The first kappa shape index (κ1) is 11.0. The van der Waals surface area contributed by atoms with Gasteiger partial charge >= 0.3 is 0 Å². The molecule has 1 aromatic heterocycles. The van der Waals surface area contributed by atoms with Crippen molar-refractivity contribution in [3.05, 3.63) is 30.0 Å². The van der Waals surface area contributed by atoms with Crippen LogP contribution in [0.3, 0.4) is 0 Å². The molecular formula is C13H19N3. The highest BCUT2D eigenvalue weighted by Crippen LogP contribution is 2.24. The molecule has 3 heteroatoms. The monoisotopic (exact) mass is 217 g/mol. The van der Waals surface area contributed by atoms with Crippen molar-refractivity contribution in [2.45, 2.75) is 20.0 Å². The summed E-state index contributed by atoms with van der Waals surface area (Å²) in [5, 5.41) is 1.31. The molecule has 0 spiro atoms. The molecule has 1 heterocycles. The molecule has 2 aromatic rings. The second-order valence-corrected chi connectivity index (χ2v) is 4.45. The molecule has 1 aromatic carbocycles. The zero-order valence-electron chi connectivity index (χ0n) is 10.2. The highest BCUT2D eigenvalue weighted by Gasteiger charge is 2.08. The minimum atomic E-state index is 0.830. The number of benzene rings is 1. The molecule has 0 saturated carbocycles. The van der Waals surface area contributed by atoms with E-state index in [2.05, 4.69) is 48.8 Å². The molecule has 2 N–H and O–H groups in total. The Bertz CT molecular complexity index is 497. The number of aryl methyl sites for hydroxylation is 1. The van der Waals surface area contributed by atoms with Crippen LogP contribution in [0.5, 0.6) is 0 Å². The van der Waals surface area contributed by atoms with Crippen LogP contribution in [0.2, 0.25) is 0 Å². The molecule has 0 atom stereocenters. The van der Waals surface area contributed by atoms with Crippen LogP contribution in [0, 0.1) is 0 Å². The van der Waals surface area contributed by atoms with Gasteiger partial charge in [0.15, 0.2) is 0 Å². The Hall–Kier alpha value is -1.48. The van der Waals surface area contributed by atoms with Gasteiger partial charge in [-0.05, 0) is 38.7 Å². The van der Waals surface area contributed by atoms with Crippen molar-refractivity contribution in [1.82, 2.24) is 9.47 Å². The van der Waals surface area contributed by atoms with Gasteiger partial charge in [-0.2, -0.15) is 0 Å². The average molecular weight is 217 g/mol. The maximum Gasteiger partial charge on any atom is 0.0504 e. The molecule has 0 unspecified atom stereocenters.